The molecule has 0 aliphatic heterocycles. The molecule has 0 saturated carbocycles. The zero-order valence-electron chi connectivity index (χ0n) is 15.7. The Bertz CT molecular complexity index is 753. The van der Waals surface area contributed by atoms with Crippen LogP contribution in [0.1, 0.15) is 11.1 Å². The lowest BCUT2D eigenvalue weighted by Crippen LogP contribution is -2.29. The molecular weight excluding hydrogens is 330 g/mol. The third-order valence-electron chi connectivity index (χ3n) is 3.94. The van der Waals surface area contributed by atoms with Gasteiger partial charge in [0.2, 0.25) is 5.91 Å². The monoisotopic (exact) mass is 355 g/mol. The van der Waals surface area contributed by atoms with Gasteiger partial charge in [0.1, 0.15) is 23.9 Å². The van der Waals surface area contributed by atoms with Crippen LogP contribution in [-0.2, 0) is 4.79 Å². The Morgan fingerprint density at radius 1 is 1.04 bits per heavy atom. The first kappa shape index (κ1) is 19.4. The second-order valence-electron chi connectivity index (χ2n) is 5.86. The Hall–Kier alpha value is -2.95. The molecular formula is C21H25NO4. The number of amides is 1. The van der Waals surface area contributed by atoms with E-state index in [-0.39, 0.29) is 5.91 Å². The molecule has 2 aromatic carbocycles. The first-order valence-electron chi connectivity index (χ1n) is 8.38. The largest absolute Gasteiger partial charge is 0.497 e. The average molecular weight is 355 g/mol. The summed E-state index contributed by atoms with van der Waals surface area (Å²) in [6.45, 7) is 2.96. The van der Waals surface area contributed by atoms with Crippen LogP contribution in [-0.4, -0.2) is 45.2 Å². The summed E-state index contributed by atoms with van der Waals surface area (Å²) in [4.78, 5) is 13.9. The van der Waals surface area contributed by atoms with Crippen LogP contribution in [0.25, 0.3) is 6.08 Å². The Morgan fingerprint density at radius 2 is 1.73 bits per heavy atom. The molecule has 0 spiro atoms. The number of carbonyl (C=O) groups excluding carboxylic acids is 1. The number of rotatable bonds is 8. The summed E-state index contributed by atoms with van der Waals surface area (Å²) in [7, 11) is 4.93. The molecule has 2 rings (SSSR count). The first-order valence-corrected chi connectivity index (χ1v) is 8.38. The number of likely N-dealkylation sites (N-methyl/N-ethyl adjacent to an activating group) is 1. The van der Waals surface area contributed by atoms with Crippen molar-refractivity contribution in [2.75, 3.05) is 34.4 Å². The predicted octanol–water partition coefficient (Wildman–Crippen LogP) is 3.56. The fraction of sp³-hybridized carbons (Fsp3) is 0.286. The Labute approximate surface area is 154 Å². The quantitative estimate of drug-likeness (QED) is 0.679. The fourth-order valence-corrected chi connectivity index (χ4v) is 2.29. The SMILES string of the molecule is COc1ccc(/C=C/C(=O)N(C)CCOc2ccc(C)cc2)c(OC)c1. The van der Waals surface area contributed by atoms with Crippen molar-refractivity contribution >= 4 is 12.0 Å². The molecule has 5 heteroatoms. The Kier molecular flexibility index (Phi) is 7.09. The molecule has 0 heterocycles. The molecule has 0 bridgehead atoms. The number of carbonyl (C=O) groups is 1. The lowest BCUT2D eigenvalue weighted by atomic mass is 10.1. The van der Waals surface area contributed by atoms with Gasteiger partial charge in [0.05, 0.1) is 20.8 Å². The number of hydrogen-bond donors (Lipinski definition) is 0. The van der Waals surface area contributed by atoms with Gasteiger partial charge in [-0.15, -0.1) is 0 Å². The standard InChI is InChI=1S/C21H25NO4/c1-16-5-9-18(10-6-16)26-14-13-22(2)21(23)12-8-17-7-11-19(24-3)15-20(17)25-4/h5-12,15H,13-14H2,1-4H3/b12-8+. The van der Waals surface area contributed by atoms with Gasteiger partial charge < -0.3 is 19.1 Å². The van der Waals surface area contributed by atoms with E-state index in [9.17, 15) is 4.79 Å². The lowest BCUT2D eigenvalue weighted by Gasteiger charge is -2.15. The molecule has 0 saturated heterocycles. The van der Waals surface area contributed by atoms with Crippen LogP contribution in [0.5, 0.6) is 17.2 Å². The van der Waals surface area contributed by atoms with E-state index in [0.717, 1.165) is 11.3 Å². The summed E-state index contributed by atoms with van der Waals surface area (Å²) < 4.78 is 16.2. The summed E-state index contributed by atoms with van der Waals surface area (Å²) >= 11 is 0. The van der Waals surface area contributed by atoms with Gasteiger partial charge in [0.15, 0.2) is 0 Å². The van der Waals surface area contributed by atoms with Crippen molar-refractivity contribution in [1.82, 2.24) is 4.90 Å². The molecule has 0 aliphatic rings. The fourth-order valence-electron chi connectivity index (χ4n) is 2.29. The summed E-state index contributed by atoms with van der Waals surface area (Å²) in [5.41, 5.74) is 2.00. The van der Waals surface area contributed by atoms with E-state index in [2.05, 4.69) is 0 Å². The highest BCUT2D eigenvalue weighted by Gasteiger charge is 2.07. The highest BCUT2D eigenvalue weighted by atomic mass is 16.5. The molecule has 2 aromatic rings. The van der Waals surface area contributed by atoms with Gasteiger partial charge in [-0.1, -0.05) is 17.7 Å². The average Bonchev–Trinajstić information content (AvgIpc) is 2.67. The van der Waals surface area contributed by atoms with Gasteiger partial charge >= 0.3 is 0 Å². The highest BCUT2D eigenvalue weighted by Crippen LogP contribution is 2.25. The van der Waals surface area contributed by atoms with Crippen molar-refractivity contribution in [3.8, 4) is 17.2 Å². The minimum atomic E-state index is -0.102. The lowest BCUT2D eigenvalue weighted by molar-refractivity contribution is -0.125. The van der Waals surface area contributed by atoms with Crippen LogP contribution in [0, 0.1) is 6.92 Å². The molecule has 0 radical (unpaired) electrons. The Morgan fingerprint density at radius 3 is 2.38 bits per heavy atom. The number of aryl methyl sites for hydroxylation is 1. The maximum Gasteiger partial charge on any atom is 0.246 e. The van der Waals surface area contributed by atoms with Crippen LogP contribution in [0.15, 0.2) is 48.5 Å². The van der Waals surface area contributed by atoms with Gasteiger partial charge in [-0.3, -0.25) is 4.79 Å². The third-order valence-corrected chi connectivity index (χ3v) is 3.94. The van der Waals surface area contributed by atoms with E-state index in [1.807, 2.05) is 43.3 Å². The van der Waals surface area contributed by atoms with Crippen molar-refractivity contribution in [2.24, 2.45) is 0 Å². The molecule has 26 heavy (non-hydrogen) atoms. The molecule has 0 atom stereocenters. The normalized spacial score (nSPS) is 10.6. The minimum absolute atomic E-state index is 0.102. The number of nitrogens with zero attached hydrogens (tertiary/aromatic N) is 1. The van der Waals surface area contributed by atoms with E-state index >= 15 is 0 Å². The molecule has 1 amide bonds. The zero-order valence-corrected chi connectivity index (χ0v) is 15.7. The number of hydrogen-bond acceptors (Lipinski definition) is 4. The van der Waals surface area contributed by atoms with E-state index in [4.69, 9.17) is 14.2 Å². The molecule has 0 aromatic heterocycles. The highest BCUT2D eigenvalue weighted by molar-refractivity contribution is 5.92. The number of benzene rings is 2. The van der Waals surface area contributed by atoms with E-state index in [0.29, 0.717) is 24.7 Å². The van der Waals surface area contributed by atoms with E-state index < -0.39 is 0 Å². The third kappa shape index (κ3) is 5.55. The Balaban J connectivity index is 1.88. The topological polar surface area (TPSA) is 48.0 Å². The molecule has 0 aliphatic carbocycles. The zero-order chi connectivity index (χ0) is 18.9. The molecule has 0 N–H and O–H groups in total. The molecule has 0 unspecified atom stereocenters. The van der Waals surface area contributed by atoms with Crippen LogP contribution >= 0.6 is 0 Å². The molecule has 138 valence electrons. The van der Waals surface area contributed by atoms with Gasteiger partial charge in [0.25, 0.3) is 0 Å². The van der Waals surface area contributed by atoms with Crippen LogP contribution in [0.3, 0.4) is 0 Å². The van der Waals surface area contributed by atoms with Gasteiger partial charge in [-0.05, 0) is 37.3 Å². The van der Waals surface area contributed by atoms with Gasteiger partial charge in [-0.25, -0.2) is 0 Å². The molecule has 5 nitrogen and oxygen atoms in total. The van der Waals surface area contributed by atoms with Gasteiger partial charge in [-0.2, -0.15) is 0 Å². The van der Waals surface area contributed by atoms with Crippen molar-refractivity contribution in [3.63, 3.8) is 0 Å². The maximum absolute atomic E-state index is 12.2. The summed E-state index contributed by atoms with van der Waals surface area (Å²) in [5, 5.41) is 0. The number of methoxy groups -OCH3 is 2. The number of ether oxygens (including phenoxy) is 3. The smallest absolute Gasteiger partial charge is 0.246 e. The van der Waals surface area contributed by atoms with E-state index in [1.165, 1.54) is 11.6 Å². The first-order chi connectivity index (χ1) is 12.5. The van der Waals surface area contributed by atoms with Gasteiger partial charge in [0, 0.05) is 24.8 Å². The van der Waals surface area contributed by atoms with Crippen molar-refractivity contribution in [3.05, 3.63) is 59.7 Å². The van der Waals surface area contributed by atoms with Crippen molar-refractivity contribution in [1.29, 1.82) is 0 Å². The van der Waals surface area contributed by atoms with Crippen molar-refractivity contribution in [2.45, 2.75) is 6.92 Å². The van der Waals surface area contributed by atoms with E-state index in [1.54, 1.807) is 38.3 Å². The summed E-state index contributed by atoms with van der Waals surface area (Å²) in [6.07, 6.45) is 3.26. The van der Waals surface area contributed by atoms with Crippen LogP contribution in [0.4, 0.5) is 0 Å². The maximum atomic E-state index is 12.2. The second kappa shape index (κ2) is 9.51. The van der Waals surface area contributed by atoms with Crippen LogP contribution < -0.4 is 14.2 Å². The molecule has 0 fully saturated rings. The van der Waals surface area contributed by atoms with Crippen LogP contribution in [0.2, 0.25) is 0 Å². The van der Waals surface area contributed by atoms with Crippen molar-refractivity contribution < 1.29 is 19.0 Å². The second-order valence-corrected chi connectivity index (χ2v) is 5.86. The summed E-state index contributed by atoms with van der Waals surface area (Å²) in [5.74, 6) is 2.06. The summed E-state index contributed by atoms with van der Waals surface area (Å²) in [6, 6.07) is 13.3. The predicted molar refractivity (Wildman–Crippen MR) is 103 cm³/mol. The minimum Gasteiger partial charge on any atom is -0.497 e.